The van der Waals surface area contributed by atoms with Gasteiger partial charge in [-0.1, -0.05) is 15.9 Å². The van der Waals surface area contributed by atoms with Crippen molar-refractivity contribution in [2.75, 3.05) is 24.4 Å². The molecule has 0 aliphatic rings. The van der Waals surface area contributed by atoms with E-state index in [9.17, 15) is 13.2 Å². The molecule has 1 unspecified atom stereocenters. The molecule has 1 aromatic carbocycles. The zero-order valence-corrected chi connectivity index (χ0v) is 15.2. The van der Waals surface area contributed by atoms with Gasteiger partial charge in [0.2, 0.25) is 0 Å². The zero-order chi connectivity index (χ0) is 15.5. The highest BCUT2D eigenvalue weighted by Gasteiger charge is 2.19. The van der Waals surface area contributed by atoms with Crippen molar-refractivity contribution >= 4 is 53.4 Å². The summed E-state index contributed by atoms with van der Waals surface area (Å²) in [4.78, 5) is 11.8. The van der Waals surface area contributed by atoms with Gasteiger partial charge in [-0.3, -0.25) is 0 Å². The number of carbonyl (C=O) groups is 1. The number of rotatable bonds is 5. The number of methoxy groups -OCH3 is 1. The maximum Gasteiger partial charge on any atom is 0.340 e. The van der Waals surface area contributed by atoms with Gasteiger partial charge in [0, 0.05) is 21.2 Å². The van der Waals surface area contributed by atoms with Crippen LogP contribution in [-0.2, 0) is 14.6 Å². The highest BCUT2D eigenvalue weighted by atomic mass is 79.9. The SMILES string of the molecule is COC(=O)c1cc(Br)cc(Br)c1NC(C)CS(C)(=O)=O. The highest BCUT2D eigenvalue weighted by molar-refractivity contribution is 9.11. The summed E-state index contributed by atoms with van der Waals surface area (Å²) in [5, 5.41) is 3.03. The molecule has 8 heteroatoms. The van der Waals surface area contributed by atoms with Gasteiger partial charge in [0.15, 0.2) is 0 Å². The minimum absolute atomic E-state index is 0.0316. The van der Waals surface area contributed by atoms with Gasteiger partial charge in [0.1, 0.15) is 9.84 Å². The monoisotopic (exact) mass is 427 g/mol. The van der Waals surface area contributed by atoms with Crippen molar-refractivity contribution in [1.82, 2.24) is 0 Å². The molecule has 0 heterocycles. The second-order valence-corrected chi connectivity index (χ2v) is 8.39. The van der Waals surface area contributed by atoms with Gasteiger partial charge in [0.05, 0.1) is 24.1 Å². The predicted octanol–water partition coefficient (Wildman–Crippen LogP) is 2.84. The van der Waals surface area contributed by atoms with Crippen LogP contribution in [0.4, 0.5) is 5.69 Å². The van der Waals surface area contributed by atoms with Crippen LogP contribution in [0.15, 0.2) is 21.1 Å². The molecule has 1 atom stereocenters. The third-order valence-electron chi connectivity index (χ3n) is 2.40. The lowest BCUT2D eigenvalue weighted by molar-refractivity contribution is 0.0601. The smallest absolute Gasteiger partial charge is 0.340 e. The number of benzene rings is 1. The Morgan fingerprint density at radius 3 is 2.50 bits per heavy atom. The molecule has 20 heavy (non-hydrogen) atoms. The summed E-state index contributed by atoms with van der Waals surface area (Å²) in [6, 6.07) is 3.04. The van der Waals surface area contributed by atoms with Crippen LogP contribution in [0.25, 0.3) is 0 Å². The van der Waals surface area contributed by atoms with Crippen LogP contribution < -0.4 is 5.32 Å². The van der Waals surface area contributed by atoms with Crippen LogP contribution in [0.2, 0.25) is 0 Å². The molecule has 0 fully saturated rings. The topological polar surface area (TPSA) is 72.5 Å². The number of hydrogen-bond donors (Lipinski definition) is 1. The fraction of sp³-hybridized carbons (Fsp3) is 0.417. The lowest BCUT2D eigenvalue weighted by atomic mass is 10.1. The fourth-order valence-corrected chi connectivity index (χ4v) is 4.06. The van der Waals surface area contributed by atoms with Crippen molar-refractivity contribution in [2.24, 2.45) is 0 Å². The zero-order valence-electron chi connectivity index (χ0n) is 11.2. The molecule has 0 spiro atoms. The van der Waals surface area contributed by atoms with E-state index < -0.39 is 15.8 Å². The van der Waals surface area contributed by atoms with Gasteiger partial charge in [0.25, 0.3) is 0 Å². The van der Waals surface area contributed by atoms with E-state index in [2.05, 4.69) is 37.2 Å². The lowest BCUT2D eigenvalue weighted by Gasteiger charge is -2.18. The normalized spacial score (nSPS) is 12.8. The van der Waals surface area contributed by atoms with Crippen molar-refractivity contribution in [3.63, 3.8) is 0 Å². The Hall–Kier alpha value is -0.600. The molecule has 0 radical (unpaired) electrons. The number of hydrogen-bond acceptors (Lipinski definition) is 5. The third kappa shape index (κ3) is 5.06. The molecule has 0 aliphatic carbocycles. The molecule has 0 bridgehead atoms. The van der Waals surface area contributed by atoms with E-state index in [1.165, 1.54) is 13.4 Å². The van der Waals surface area contributed by atoms with Crippen LogP contribution in [0.3, 0.4) is 0 Å². The summed E-state index contributed by atoms with van der Waals surface area (Å²) in [6.45, 7) is 1.73. The molecular weight excluding hydrogens is 414 g/mol. The van der Waals surface area contributed by atoms with Crippen molar-refractivity contribution in [1.29, 1.82) is 0 Å². The average Bonchev–Trinajstić information content (AvgIpc) is 2.29. The van der Waals surface area contributed by atoms with Crippen molar-refractivity contribution in [3.8, 4) is 0 Å². The number of nitrogens with one attached hydrogen (secondary N) is 1. The number of halogens is 2. The summed E-state index contributed by atoms with van der Waals surface area (Å²) < 4.78 is 28.7. The molecule has 112 valence electrons. The van der Waals surface area contributed by atoms with Crippen LogP contribution in [0.1, 0.15) is 17.3 Å². The molecule has 0 aliphatic heterocycles. The molecular formula is C12H15Br2NO4S. The van der Waals surface area contributed by atoms with Crippen LogP contribution in [0, 0.1) is 0 Å². The first-order chi connectivity index (χ1) is 9.14. The molecule has 0 amide bonds. The Morgan fingerprint density at radius 1 is 1.40 bits per heavy atom. The second-order valence-electron chi connectivity index (χ2n) is 4.44. The van der Waals surface area contributed by atoms with Gasteiger partial charge in [-0.15, -0.1) is 0 Å². The van der Waals surface area contributed by atoms with Crippen molar-refractivity contribution in [3.05, 3.63) is 26.6 Å². The van der Waals surface area contributed by atoms with Crippen LogP contribution in [0.5, 0.6) is 0 Å². The van der Waals surface area contributed by atoms with Gasteiger partial charge in [-0.25, -0.2) is 13.2 Å². The molecule has 0 saturated heterocycles. The standard InChI is InChI=1S/C12H15Br2NO4S/c1-7(6-20(3,17)18)15-11-9(12(16)19-2)4-8(13)5-10(11)14/h4-5,7,15H,6H2,1-3H3. The van der Waals surface area contributed by atoms with Crippen molar-refractivity contribution in [2.45, 2.75) is 13.0 Å². The fourth-order valence-electron chi connectivity index (χ4n) is 1.73. The third-order valence-corrected chi connectivity index (χ3v) is 4.59. The second kappa shape index (κ2) is 6.91. The Labute approximate surface area is 135 Å². The van der Waals surface area contributed by atoms with E-state index in [1.54, 1.807) is 19.1 Å². The van der Waals surface area contributed by atoms with E-state index in [0.29, 0.717) is 20.2 Å². The summed E-state index contributed by atoms with van der Waals surface area (Å²) in [7, 11) is -1.81. The number of sulfone groups is 1. The molecule has 1 N–H and O–H groups in total. The molecule has 1 rings (SSSR count). The Morgan fingerprint density at radius 2 is 2.00 bits per heavy atom. The van der Waals surface area contributed by atoms with E-state index in [-0.39, 0.29) is 11.8 Å². The summed E-state index contributed by atoms with van der Waals surface area (Å²) in [5.41, 5.74) is 0.838. The molecule has 1 aromatic rings. The van der Waals surface area contributed by atoms with E-state index >= 15 is 0 Å². The highest BCUT2D eigenvalue weighted by Crippen LogP contribution is 2.31. The summed E-state index contributed by atoms with van der Waals surface area (Å²) >= 11 is 6.65. The molecule has 0 saturated carbocycles. The minimum Gasteiger partial charge on any atom is -0.465 e. The summed E-state index contributed by atoms with van der Waals surface area (Å²) in [5.74, 6) is -0.531. The Balaban J connectivity index is 3.13. The Bertz CT molecular complexity index is 616. The van der Waals surface area contributed by atoms with Gasteiger partial charge in [-0.2, -0.15) is 0 Å². The van der Waals surface area contributed by atoms with Crippen molar-refractivity contribution < 1.29 is 17.9 Å². The van der Waals surface area contributed by atoms with Gasteiger partial charge in [-0.05, 0) is 35.0 Å². The minimum atomic E-state index is -3.11. The first-order valence-corrected chi connectivity index (χ1v) is 9.30. The van der Waals surface area contributed by atoms with E-state index in [4.69, 9.17) is 4.74 Å². The van der Waals surface area contributed by atoms with E-state index in [1.807, 2.05) is 0 Å². The number of carbonyl (C=O) groups excluding carboxylic acids is 1. The lowest BCUT2D eigenvalue weighted by Crippen LogP contribution is -2.26. The van der Waals surface area contributed by atoms with Gasteiger partial charge >= 0.3 is 5.97 Å². The van der Waals surface area contributed by atoms with Crippen LogP contribution in [-0.4, -0.2) is 39.5 Å². The first kappa shape index (κ1) is 17.5. The predicted molar refractivity (Wildman–Crippen MR) is 86.0 cm³/mol. The number of esters is 1. The maximum absolute atomic E-state index is 11.8. The Kier molecular flexibility index (Phi) is 6.03. The maximum atomic E-state index is 11.8. The average molecular weight is 429 g/mol. The number of anilines is 1. The van der Waals surface area contributed by atoms with E-state index in [0.717, 1.165) is 0 Å². The first-order valence-electron chi connectivity index (χ1n) is 5.65. The quantitative estimate of drug-likeness (QED) is 0.730. The molecule has 5 nitrogen and oxygen atoms in total. The molecule has 0 aromatic heterocycles. The number of ether oxygens (including phenoxy) is 1. The van der Waals surface area contributed by atoms with Gasteiger partial charge < -0.3 is 10.1 Å². The van der Waals surface area contributed by atoms with Crippen LogP contribution >= 0.6 is 31.9 Å². The summed E-state index contributed by atoms with van der Waals surface area (Å²) in [6.07, 6.45) is 1.17. The largest absolute Gasteiger partial charge is 0.465 e.